The van der Waals surface area contributed by atoms with Crippen molar-refractivity contribution >= 4 is 5.97 Å². The molecule has 214 valence electrons. The Labute approximate surface area is 241 Å². The summed E-state index contributed by atoms with van der Waals surface area (Å²) < 4.78 is 29.0. The Morgan fingerprint density at radius 3 is 2.51 bits per heavy atom. The first-order valence-corrected chi connectivity index (χ1v) is 14.0. The number of ether oxygens (including phenoxy) is 5. The summed E-state index contributed by atoms with van der Waals surface area (Å²) in [7, 11) is 0. The van der Waals surface area contributed by atoms with E-state index in [-0.39, 0.29) is 17.2 Å². The van der Waals surface area contributed by atoms with Crippen molar-refractivity contribution in [2.24, 2.45) is 5.73 Å². The molecule has 0 bridgehead atoms. The topological polar surface area (TPSA) is 113 Å². The van der Waals surface area contributed by atoms with Crippen molar-refractivity contribution in [3.8, 4) is 34.8 Å². The predicted molar refractivity (Wildman–Crippen MR) is 156 cm³/mol. The third-order valence-corrected chi connectivity index (χ3v) is 6.55. The summed E-state index contributed by atoms with van der Waals surface area (Å²) in [6, 6.07) is 19.8. The van der Waals surface area contributed by atoms with Gasteiger partial charge in [-0.2, -0.15) is 5.26 Å². The molecular formula is C33H36N2O6. The molecule has 3 aromatic rings. The predicted octanol–water partition coefficient (Wildman–Crippen LogP) is 6.88. The number of rotatable bonds is 13. The second-order valence-electron chi connectivity index (χ2n) is 9.59. The Morgan fingerprint density at radius 1 is 0.902 bits per heavy atom. The molecule has 1 atom stereocenters. The highest BCUT2D eigenvalue weighted by Gasteiger charge is 2.32. The highest BCUT2D eigenvalue weighted by molar-refractivity contribution is 5.91. The molecule has 3 aromatic carbocycles. The lowest BCUT2D eigenvalue weighted by Gasteiger charge is -2.27. The maximum Gasteiger partial charge on any atom is 0.343 e. The molecule has 1 aliphatic rings. The number of nitriles is 1. The quantitative estimate of drug-likeness (QED) is 0.138. The first-order valence-electron chi connectivity index (χ1n) is 14.0. The SMILES string of the molecule is CCCCCOc1ccc(C2C(C#N)=C(N)Oc3cc(OC(=O)c4cccc(OCCC)c4)ccc32)cc1OCC. The van der Waals surface area contributed by atoms with Crippen LogP contribution in [0.1, 0.15) is 73.9 Å². The summed E-state index contributed by atoms with van der Waals surface area (Å²) in [4.78, 5) is 12.9. The lowest BCUT2D eigenvalue weighted by molar-refractivity contribution is 0.0734. The molecule has 8 heteroatoms. The van der Waals surface area contributed by atoms with Crippen LogP contribution in [0.15, 0.2) is 72.1 Å². The first kappa shape index (κ1) is 29.3. The van der Waals surface area contributed by atoms with Gasteiger partial charge in [-0.15, -0.1) is 0 Å². The minimum atomic E-state index is -0.531. The Bertz CT molecular complexity index is 1440. The van der Waals surface area contributed by atoms with Gasteiger partial charge in [0.1, 0.15) is 28.9 Å². The van der Waals surface area contributed by atoms with E-state index in [1.165, 1.54) is 0 Å². The molecule has 0 amide bonds. The monoisotopic (exact) mass is 556 g/mol. The zero-order valence-corrected chi connectivity index (χ0v) is 23.8. The van der Waals surface area contributed by atoms with E-state index in [0.717, 1.165) is 31.2 Å². The van der Waals surface area contributed by atoms with Crippen LogP contribution >= 0.6 is 0 Å². The van der Waals surface area contributed by atoms with Crippen molar-refractivity contribution in [1.82, 2.24) is 0 Å². The number of allylic oxidation sites excluding steroid dienone is 1. The molecular weight excluding hydrogens is 520 g/mol. The molecule has 1 aliphatic heterocycles. The number of nitrogens with two attached hydrogens (primary N) is 1. The Morgan fingerprint density at radius 2 is 1.76 bits per heavy atom. The molecule has 0 aliphatic carbocycles. The second kappa shape index (κ2) is 14.1. The van der Waals surface area contributed by atoms with Crippen LogP contribution < -0.4 is 29.4 Å². The molecule has 0 saturated heterocycles. The summed E-state index contributed by atoms with van der Waals surface area (Å²) in [5.41, 5.74) is 8.37. The normalized spacial score (nSPS) is 14.0. The molecule has 1 heterocycles. The van der Waals surface area contributed by atoms with Crippen LogP contribution in [-0.4, -0.2) is 25.8 Å². The van der Waals surface area contributed by atoms with Crippen LogP contribution in [0.25, 0.3) is 0 Å². The van der Waals surface area contributed by atoms with Gasteiger partial charge in [-0.05, 0) is 61.7 Å². The highest BCUT2D eigenvalue weighted by atomic mass is 16.5. The molecule has 2 N–H and O–H groups in total. The van der Waals surface area contributed by atoms with Gasteiger partial charge >= 0.3 is 5.97 Å². The van der Waals surface area contributed by atoms with E-state index in [1.54, 1.807) is 42.5 Å². The Balaban J connectivity index is 1.61. The van der Waals surface area contributed by atoms with Gasteiger partial charge in [0.15, 0.2) is 11.5 Å². The number of carbonyl (C=O) groups is 1. The van der Waals surface area contributed by atoms with Crippen molar-refractivity contribution in [3.05, 3.63) is 88.8 Å². The Kier molecular flexibility index (Phi) is 10.1. The third kappa shape index (κ3) is 7.12. The molecule has 4 rings (SSSR count). The van der Waals surface area contributed by atoms with Gasteiger partial charge in [0.2, 0.25) is 5.88 Å². The van der Waals surface area contributed by atoms with E-state index in [9.17, 15) is 10.1 Å². The fourth-order valence-corrected chi connectivity index (χ4v) is 4.57. The number of carbonyl (C=O) groups excluding carboxylic acids is 1. The maximum absolute atomic E-state index is 12.9. The summed E-state index contributed by atoms with van der Waals surface area (Å²) >= 11 is 0. The number of benzene rings is 3. The zero-order valence-electron chi connectivity index (χ0n) is 23.8. The van der Waals surface area contributed by atoms with Crippen molar-refractivity contribution in [2.45, 2.75) is 52.4 Å². The third-order valence-electron chi connectivity index (χ3n) is 6.55. The van der Waals surface area contributed by atoms with Crippen molar-refractivity contribution in [1.29, 1.82) is 5.26 Å². The number of hydrogen-bond acceptors (Lipinski definition) is 8. The molecule has 0 saturated carbocycles. The van der Waals surface area contributed by atoms with Crippen molar-refractivity contribution in [3.63, 3.8) is 0 Å². The average Bonchev–Trinajstić information content (AvgIpc) is 2.98. The molecule has 0 spiro atoms. The number of hydrogen-bond donors (Lipinski definition) is 1. The minimum Gasteiger partial charge on any atom is -0.494 e. The first-order chi connectivity index (χ1) is 20.0. The van der Waals surface area contributed by atoms with E-state index < -0.39 is 11.9 Å². The fraction of sp³-hybridized carbons (Fsp3) is 0.333. The number of nitrogens with zero attached hydrogens (tertiary/aromatic N) is 1. The fourth-order valence-electron chi connectivity index (χ4n) is 4.57. The molecule has 8 nitrogen and oxygen atoms in total. The van der Waals surface area contributed by atoms with Gasteiger partial charge in [0.05, 0.1) is 31.3 Å². The van der Waals surface area contributed by atoms with Crippen LogP contribution in [0.3, 0.4) is 0 Å². The van der Waals surface area contributed by atoms with Crippen LogP contribution in [0.2, 0.25) is 0 Å². The molecule has 0 radical (unpaired) electrons. The summed E-state index contributed by atoms with van der Waals surface area (Å²) in [5, 5.41) is 9.99. The van der Waals surface area contributed by atoms with E-state index >= 15 is 0 Å². The summed E-state index contributed by atoms with van der Waals surface area (Å²) in [6.45, 7) is 7.69. The summed E-state index contributed by atoms with van der Waals surface area (Å²) in [6.07, 6.45) is 4.02. The molecule has 0 aromatic heterocycles. The minimum absolute atomic E-state index is 0.00731. The van der Waals surface area contributed by atoms with Gasteiger partial charge in [0, 0.05) is 11.6 Å². The maximum atomic E-state index is 12.9. The van der Waals surface area contributed by atoms with Crippen LogP contribution in [0.4, 0.5) is 0 Å². The lowest BCUT2D eigenvalue weighted by atomic mass is 9.83. The van der Waals surface area contributed by atoms with Crippen molar-refractivity contribution < 1.29 is 28.5 Å². The lowest BCUT2D eigenvalue weighted by Crippen LogP contribution is -2.21. The number of esters is 1. The number of unbranched alkanes of at least 4 members (excludes halogenated alkanes) is 2. The van der Waals surface area contributed by atoms with Crippen LogP contribution in [-0.2, 0) is 0 Å². The smallest absolute Gasteiger partial charge is 0.343 e. The number of fused-ring (bicyclic) bond motifs is 1. The Hall–Kier alpha value is -4.64. The van der Waals surface area contributed by atoms with Gasteiger partial charge in [-0.25, -0.2) is 4.79 Å². The van der Waals surface area contributed by atoms with E-state index in [0.29, 0.717) is 53.9 Å². The van der Waals surface area contributed by atoms with Gasteiger partial charge < -0.3 is 29.4 Å². The van der Waals surface area contributed by atoms with Crippen LogP contribution in [0, 0.1) is 11.3 Å². The van der Waals surface area contributed by atoms with E-state index in [1.807, 2.05) is 32.0 Å². The molecule has 41 heavy (non-hydrogen) atoms. The van der Waals surface area contributed by atoms with Gasteiger partial charge in [-0.3, -0.25) is 0 Å². The van der Waals surface area contributed by atoms with Crippen LogP contribution in [0.5, 0.6) is 28.7 Å². The van der Waals surface area contributed by atoms with Gasteiger partial charge in [0.25, 0.3) is 0 Å². The van der Waals surface area contributed by atoms with Gasteiger partial charge in [-0.1, -0.05) is 44.9 Å². The standard InChI is InChI=1S/C33H36N2O6/c1-4-7-8-17-39-28-15-12-22(19-30(28)37-6-3)31-26-14-13-25(20-29(26)41-32(35)27(31)21-34)40-33(36)23-10-9-11-24(18-23)38-16-5-2/h9-15,18-20,31H,4-8,16-17,35H2,1-3H3. The molecule has 1 unspecified atom stereocenters. The van der Waals surface area contributed by atoms with Crippen molar-refractivity contribution in [2.75, 3.05) is 19.8 Å². The average molecular weight is 557 g/mol. The molecule has 0 fully saturated rings. The van der Waals surface area contributed by atoms with E-state index in [4.69, 9.17) is 29.4 Å². The van der Waals surface area contributed by atoms with E-state index in [2.05, 4.69) is 13.0 Å². The largest absolute Gasteiger partial charge is 0.494 e. The summed E-state index contributed by atoms with van der Waals surface area (Å²) in [5.74, 6) is 1.49. The zero-order chi connectivity index (χ0) is 29.2. The highest BCUT2D eigenvalue weighted by Crippen LogP contribution is 2.45. The second-order valence-corrected chi connectivity index (χ2v) is 9.59.